The van der Waals surface area contributed by atoms with E-state index in [4.69, 9.17) is 12.2 Å². The average molecular weight is 401 g/mol. The molecule has 0 spiro atoms. The number of hydrogen-bond donors (Lipinski definition) is 2. The van der Waals surface area contributed by atoms with Crippen LogP contribution >= 0.6 is 12.2 Å². The van der Waals surface area contributed by atoms with Crippen LogP contribution in [0.3, 0.4) is 0 Å². The Morgan fingerprint density at radius 2 is 1.76 bits per heavy atom. The lowest BCUT2D eigenvalue weighted by molar-refractivity contribution is 0.0951. The Labute approximate surface area is 172 Å². The van der Waals surface area contributed by atoms with Crippen molar-refractivity contribution < 1.29 is 4.79 Å². The molecule has 6 heteroatoms. The van der Waals surface area contributed by atoms with Gasteiger partial charge in [-0.1, -0.05) is 48.0 Å². The topological polar surface area (TPSA) is 66.9 Å². The molecule has 1 aromatic heterocycles. The third-order valence-corrected chi connectivity index (χ3v) is 5.03. The van der Waals surface area contributed by atoms with Crippen molar-refractivity contribution in [2.24, 2.45) is 0 Å². The van der Waals surface area contributed by atoms with Gasteiger partial charge in [0.2, 0.25) is 0 Å². The van der Waals surface area contributed by atoms with Crippen LogP contribution < -0.4 is 10.9 Å². The molecule has 144 valence electrons. The van der Waals surface area contributed by atoms with Gasteiger partial charge in [0.25, 0.3) is 11.5 Å². The maximum Gasteiger partial charge on any atom is 0.266 e. The Hall–Kier alpha value is -3.51. The average Bonchev–Trinajstić information content (AvgIpc) is 2.73. The minimum absolute atomic E-state index is 0.209. The number of rotatable bonds is 4. The molecule has 3 aromatic carbocycles. The summed E-state index contributed by atoms with van der Waals surface area (Å²) in [5, 5.41) is 3.37. The molecule has 29 heavy (non-hydrogen) atoms. The zero-order valence-corrected chi connectivity index (χ0v) is 16.6. The van der Waals surface area contributed by atoms with Crippen molar-refractivity contribution in [3.05, 3.63) is 105 Å². The highest BCUT2D eigenvalue weighted by molar-refractivity contribution is 7.71. The van der Waals surface area contributed by atoms with Crippen LogP contribution in [0.1, 0.15) is 21.5 Å². The predicted molar refractivity (Wildman–Crippen MR) is 117 cm³/mol. The Balaban J connectivity index is 1.64. The van der Waals surface area contributed by atoms with Gasteiger partial charge < -0.3 is 10.3 Å². The van der Waals surface area contributed by atoms with Crippen LogP contribution in [0.4, 0.5) is 0 Å². The quantitative estimate of drug-likeness (QED) is 0.502. The van der Waals surface area contributed by atoms with Gasteiger partial charge in [0.1, 0.15) is 0 Å². The number of H-pyrrole nitrogens is 1. The van der Waals surface area contributed by atoms with Crippen molar-refractivity contribution in [2.75, 3.05) is 0 Å². The third-order valence-electron chi connectivity index (χ3n) is 4.75. The summed E-state index contributed by atoms with van der Waals surface area (Å²) in [7, 11) is 0. The molecule has 0 aliphatic heterocycles. The van der Waals surface area contributed by atoms with Crippen molar-refractivity contribution in [1.82, 2.24) is 14.9 Å². The number of aryl methyl sites for hydroxylation is 1. The molecule has 0 fully saturated rings. The lowest BCUT2D eigenvalue weighted by Gasteiger charge is -2.10. The van der Waals surface area contributed by atoms with Crippen LogP contribution in [0.5, 0.6) is 0 Å². The number of aromatic amines is 1. The minimum atomic E-state index is -0.221. The fraction of sp³-hybridized carbons (Fsp3) is 0.0870. The molecular weight excluding hydrogens is 382 g/mol. The summed E-state index contributed by atoms with van der Waals surface area (Å²) in [6.07, 6.45) is 0. The normalized spacial score (nSPS) is 10.8. The molecule has 0 saturated heterocycles. The zero-order chi connectivity index (χ0) is 20.4. The van der Waals surface area contributed by atoms with Gasteiger partial charge in [-0.15, -0.1) is 0 Å². The lowest BCUT2D eigenvalue weighted by Crippen LogP contribution is -2.24. The molecule has 0 aliphatic carbocycles. The fourth-order valence-corrected chi connectivity index (χ4v) is 3.46. The van der Waals surface area contributed by atoms with E-state index in [0.717, 1.165) is 5.56 Å². The van der Waals surface area contributed by atoms with Gasteiger partial charge in [0, 0.05) is 12.1 Å². The molecule has 0 unspecified atom stereocenters. The van der Waals surface area contributed by atoms with Gasteiger partial charge in [-0.25, -0.2) is 0 Å². The molecule has 0 saturated carbocycles. The van der Waals surface area contributed by atoms with Crippen LogP contribution in [-0.2, 0) is 6.54 Å². The number of para-hydroxylation sites is 1. The molecule has 0 atom stereocenters. The maximum absolute atomic E-state index is 12.9. The molecule has 0 radical (unpaired) electrons. The number of hydrogen-bond acceptors (Lipinski definition) is 3. The van der Waals surface area contributed by atoms with E-state index in [1.54, 1.807) is 18.2 Å². The van der Waals surface area contributed by atoms with Gasteiger partial charge in [-0.05, 0) is 55.0 Å². The molecule has 2 N–H and O–H groups in total. The molecule has 1 amide bonds. The van der Waals surface area contributed by atoms with E-state index in [2.05, 4.69) is 10.3 Å². The number of nitrogens with one attached hydrogen (secondary N) is 2. The SMILES string of the molecule is Cc1ccc(CNC(=O)c2ccc3c(=O)n(-c4ccccc4)c(=S)[nH]c3c2)cc1. The smallest absolute Gasteiger partial charge is 0.266 e. The number of fused-ring (bicyclic) bond motifs is 1. The first-order valence-electron chi connectivity index (χ1n) is 9.21. The minimum Gasteiger partial charge on any atom is -0.348 e. The summed E-state index contributed by atoms with van der Waals surface area (Å²) in [5.74, 6) is -0.209. The van der Waals surface area contributed by atoms with Gasteiger partial charge in [0.05, 0.1) is 16.6 Å². The Morgan fingerprint density at radius 1 is 1.03 bits per heavy atom. The number of aromatic nitrogens is 2. The predicted octanol–water partition coefficient (Wildman–Crippen LogP) is 4.29. The molecule has 0 bridgehead atoms. The van der Waals surface area contributed by atoms with Crippen LogP contribution in [0.2, 0.25) is 0 Å². The van der Waals surface area contributed by atoms with Crippen molar-refractivity contribution in [3.63, 3.8) is 0 Å². The Morgan fingerprint density at radius 3 is 2.48 bits per heavy atom. The summed E-state index contributed by atoms with van der Waals surface area (Å²) in [4.78, 5) is 28.6. The standard InChI is InChI=1S/C23H19N3O2S/c1-15-7-9-16(10-8-15)14-24-21(27)17-11-12-19-20(13-17)25-23(29)26(22(19)28)18-5-3-2-4-6-18/h2-13H,14H2,1H3,(H,24,27)(H,25,29). The number of carbonyl (C=O) groups is 1. The number of benzene rings is 3. The third kappa shape index (κ3) is 3.88. The second kappa shape index (κ2) is 7.85. The van der Waals surface area contributed by atoms with Gasteiger partial charge in [-0.2, -0.15) is 0 Å². The van der Waals surface area contributed by atoms with E-state index in [1.807, 2.05) is 61.5 Å². The van der Waals surface area contributed by atoms with Gasteiger partial charge in [-0.3, -0.25) is 14.2 Å². The first-order chi connectivity index (χ1) is 14.0. The largest absolute Gasteiger partial charge is 0.348 e. The van der Waals surface area contributed by atoms with Crippen LogP contribution in [0, 0.1) is 11.7 Å². The van der Waals surface area contributed by atoms with Crippen molar-refractivity contribution in [3.8, 4) is 5.69 Å². The second-order valence-corrected chi connectivity index (χ2v) is 7.22. The van der Waals surface area contributed by atoms with Crippen molar-refractivity contribution >= 4 is 29.0 Å². The summed E-state index contributed by atoms with van der Waals surface area (Å²) >= 11 is 5.39. The highest BCUT2D eigenvalue weighted by atomic mass is 32.1. The number of nitrogens with zero attached hydrogens (tertiary/aromatic N) is 1. The summed E-state index contributed by atoms with van der Waals surface area (Å²) < 4.78 is 1.74. The Kier molecular flexibility index (Phi) is 5.10. The highest BCUT2D eigenvalue weighted by Gasteiger charge is 2.11. The number of carbonyl (C=O) groups excluding carboxylic acids is 1. The molecule has 4 rings (SSSR count). The van der Waals surface area contributed by atoms with Crippen molar-refractivity contribution in [1.29, 1.82) is 0 Å². The van der Waals surface area contributed by atoms with Crippen molar-refractivity contribution in [2.45, 2.75) is 13.5 Å². The van der Waals surface area contributed by atoms with Crippen LogP contribution in [-0.4, -0.2) is 15.5 Å². The summed E-state index contributed by atoms with van der Waals surface area (Å²) in [6.45, 7) is 2.45. The maximum atomic E-state index is 12.9. The van der Waals surface area contributed by atoms with Gasteiger partial charge in [0.15, 0.2) is 4.77 Å². The van der Waals surface area contributed by atoms with E-state index in [9.17, 15) is 9.59 Å². The van der Waals surface area contributed by atoms with Gasteiger partial charge >= 0.3 is 0 Å². The number of amides is 1. The molecule has 1 heterocycles. The molecule has 4 aromatic rings. The Bertz CT molecular complexity index is 1310. The van der Waals surface area contributed by atoms with Crippen LogP contribution in [0.15, 0.2) is 77.6 Å². The van der Waals surface area contributed by atoms with E-state index >= 15 is 0 Å². The fourth-order valence-electron chi connectivity index (χ4n) is 3.16. The molecular formula is C23H19N3O2S. The summed E-state index contributed by atoms with van der Waals surface area (Å²) in [6, 6.07) is 22.2. The van der Waals surface area contributed by atoms with E-state index in [1.165, 1.54) is 10.1 Å². The second-order valence-electron chi connectivity index (χ2n) is 6.83. The van der Waals surface area contributed by atoms with E-state index in [0.29, 0.717) is 28.7 Å². The first-order valence-corrected chi connectivity index (χ1v) is 9.62. The first kappa shape index (κ1) is 18.8. The van der Waals surface area contributed by atoms with E-state index in [-0.39, 0.29) is 16.2 Å². The summed E-state index contributed by atoms with van der Waals surface area (Å²) in [5.41, 5.74) is 3.67. The van der Waals surface area contributed by atoms with E-state index < -0.39 is 0 Å². The lowest BCUT2D eigenvalue weighted by atomic mass is 10.1. The zero-order valence-electron chi connectivity index (χ0n) is 15.8. The molecule has 5 nitrogen and oxygen atoms in total. The highest BCUT2D eigenvalue weighted by Crippen LogP contribution is 2.14. The molecule has 0 aliphatic rings. The van der Waals surface area contributed by atoms with Crippen LogP contribution in [0.25, 0.3) is 16.6 Å². The monoisotopic (exact) mass is 401 g/mol.